The van der Waals surface area contributed by atoms with Crippen molar-refractivity contribution >= 4 is 17.4 Å². The molecule has 0 radical (unpaired) electrons. The molecule has 34 heavy (non-hydrogen) atoms. The predicted molar refractivity (Wildman–Crippen MR) is 126 cm³/mol. The number of carbonyl (C=O) groups is 2. The lowest BCUT2D eigenvalue weighted by Gasteiger charge is -2.28. The van der Waals surface area contributed by atoms with Gasteiger partial charge in [0.2, 0.25) is 0 Å². The number of ketones is 1. The second-order valence-corrected chi connectivity index (χ2v) is 9.01. The Labute approximate surface area is 198 Å². The van der Waals surface area contributed by atoms with Gasteiger partial charge in [-0.2, -0.15) is 0 Å². The number of hydrogen-bond donors (Lipinski definition) is 1. The zero-order chi connectivity index (χ0) is 23.8. The number of benzene rings is 2. The van der Waals surface area contributed by atoms with Crippen LogP contribution in [-0.2, 0) is 20.7 Å². The van der Waals surface area contributed by atoms with Crippen LogP contribution in [0.15, 0.2) is 48.0 Å². The van der Waals surface area contributed by atoms with Crippen LogP contribution >= 0.6 is 0 Å². The molecule has 1 amide bonds. The van der Waals surface area contributed by atoms with Crippen molar-refractivity contribution < 1.29 is 28.9 Å². The van der Waals surface area contributed by atoms with Crippen LogP contribution in [0.2, 0.25) is 0 Å². The highest BCUT2D eigenvalue weighted by molar-refractivity contribution is 6.46. The second kappa shape index (κ2) is 9.14. The largest absolute Gasteiger partial charge is 0.507 e. The van der Waals surface area contributed by atoms with Gasteiger partial charge in [-0.3, -0.25) is 9.59 Å². The van der Waals surface area contributed by atoms with Crippen molar-refractivity contribution in [2.45, 2.75) is 51.4 Å². The molecule has 0 spiro atoms. The maximum atomic E-state index is 13.3. The Kier molecular flexibility index (Phi) is 6.04. The molecule has 2 aromatic carbocycles. The minimum absolute atomic E-state index is 0.0578. The molecule has 2 aromatic rings. The van der Waals surface area contributed by atoms with Crippen LogP contribution in [-0.4, -0.2) is 53.7 Å². The van der Waals surface area contributed by atoms with Gasteiger partial charge in [0.15, 0.2) is 0 Å². The maximum Gasteiger partial charge on any atom is 0.295 e. The van der Waals surface area contributed by atoms with Crippen LogP contribution in [0, 0.1) is 0 Å². The van der Waals surface area contributed by atoms with Crippen LogP contribution in [0.5, 0.6) is 11.5 Å². The first-order valence-electron chi connectivity index (χ1n) is 11.9. The van der Waals surface area contributed by atoms with Crippen molar-refractivity contribution in [1.29, 1.82) is 0 Å². The average molecular weight is 464 g/mol. The van der Waals surface area contributed by atoms with Gasteiger partial charge in [-0.25, -0.2) is 0 Å². The highest BCUT2D eigenvalue weighted by Crippen LogP contribution is 2.43. The Morgan fingerprint density at radius 3 is 2.79 bits per heavy atom. The summed E-state index contributed by atoms with van der Waals surface area (Å²) in [5, 5.41) is 11.4. The Balaban J connectivity index is 1.63. The zero-order valence-corrected chi connectivity index (χ0v) is 19.5. The Morgan fingerprint density at radius 2 is 2.03 bits per heavy atom. The fourth-order valence-corrected chi connectivity index (χ4v) is 5.12. The Hall–Kier alpha value is -3.32. The number of rotatable bonds is 6. The smallest absolute Gasteiger partial charge is 0.295 e. The Morgan fingerprint density at radius 1 is 1.21 bits per heavy atom. The van der Waals surface area contributed by atoms with Gasteiger partial charge in [0, 0.05) is 30.7 Å². The molecule has 5 rings (SSSR count). The van der Waals surface area contributed by atoms with Gasteiger partial charge in [0.25, 0.3) is 11.7 Å². The molecule has 3 unspecified atom stereocenters. The van der Waals surface area contributed by atoms with E-state index in [9.17, 15) is 14.7 Å². The number of carbonyl (C=O) groups excluding carboxylic acids is 2. The first-order valence-corrected chi connectivity index (χ1v) is 11.9. The third-order valence-corrected chi connectivity index (χ3v) is 6.65. The van der Waals surface area contributed by atoms with Crippen molar-refractivity contribution in [3.05, 3.63) is 64.7 Å². The number of ether oxygens (including phenoxy) is 3. The van der Waals surface area contributed by atoms with E-state index in [0.29, 0.717) is 30.1 Å². The first-order chi connectivity index (χ1) is 16.5. The molecule has 0 aromatic heterocycles. The van der Waals surface area contributed by atoms with Crippen molar-refractivity contribution in [3.8, 4) is 11.5 Å². The standard InChI is InChI=1S/C27H29NO6/c1-3-32-22-9-5-4-8-20(22)24-23(26(30)27(31)28(24)15-19-7-6-12-33-19)25(29)17-10-11-21-18(14-17)13-16(2)34-21/h4-5,8-11,14,16,19,24,29H,3,6-7,12-13,15H2,1-2H3. The van der Waals surface area contributed by atoms with Gasteiger partial charge in [-0.15, -0.1) is 0 Å². The van der Waals surface area contributed by atoms with E-state index < -0.39 is 17.7 Å². The van der Waals surface area contributed by atoms with E-state index in [1.54, 1.807) is 12.1 Å². The molecule has 7 nitrogen and oxygen atoms in total. The van der Waals surface area contributed by atoms with E-state index in [-0.39, 0.29) is 30.1 Å². The van der Waals surface area contributed by atoms with Gasteiger partial charge in [-0.1, -0.05) is 18.2 Å². The zero-order valence-electron chi connectivity index (χ0n) is 19.5. The molecule has 0 bridgehead atoms. The predicted octanol–water partition coefficient (Wildman–Crippen LogP) is 4.01. The second-order valence-electron chi connectivity index (χ2n) is 9.01. The number of fused-ring (bicyclic) bond motifs is 1. The molecule has 3 aliphatic rings. The van der Waals surface area contributed by atoms with Crippen LogP contribution in [0.4, 0.5) is 0 Å². The van der Waals surface area contributed by atoms with Gasteiger partial charge in [0.1, 0.15) is 23.4 Å². The molecule has 2 fully saturated rings. The fourth-order valence-electron chi connectivity index (χ4n) is 5.12. The average Bonchev–Trinajstić information content (AvgIpc) is 3.53. The normalized spacial score (nSPS) is 25.5. The van der Waals surface area contributed by atoms with Crippen LogP contribution in [0.1, 0.15) is 49.4 Å². The fraction of sp³-hybridized carbons (Fsp3) is 0.407. The molecule has 178 valence electrons. The molecule has 3 atom stereocenters. The number of para-hydroxylation sites is 1. The van der Waals surface area contributed by atoms with Gasteiger partial charge >= 0.3 is 0 Å². The quantitative estimate of drug-likeness (QED) is 0.396. The maximum absolute atomic E-state index is 13.3. The van der Waals surface area contributed by atoms with E-state index in [2.05, 4.69) is 0 Å². The monoisotopic (exact) mass is 463 g/mol. The number of aliphatic hydroxyl groups is 1. The molecule has 7 heteroatoms. The molecular formula is C27H29NO6. The molecule has 1 N–H and O–H groups in total. The molecular weight excluding hydrogens is 434 g/mol. The molecule has 3 heterocycles. The highest BCUT2D eigenvalue weighted by Gasteiger charge is 2.48. The number of Topliss-reactive ketones (excluding diaryl/α,β-unsaturated/α-hetero) is 1. The van der Waals surface area contributed by atoms with Gasteiger partial charge < -0.3 is 24.2 Å². The molecule has 2 saturated heterocycles. The highest BCUT2D eigenvalue weighted by atomic mass is 16.5. The summed E-state index contributed by atoms with van der Waals surface area (Å²) in [7, 11) is 0. The lowest BCUT2D eigenvalue weighted by molar-refractivity contribution is -0.140. The minimum atomic E-state index is -0.768. The van der Waals surface area contributed by atoms with E-state index in [1.807, 2.05) is 44.2 Å². The molecule has 3 aliphatic heterocycles. The van der Waals surface area contributed by atoms with Crippen LogP contribution in [0.25, 0.3) is 5.76 Å². The summed E-state index contributed by atoms with van der Waals surface area (Å²) in [4.78, 5) is 28.1. The summed E-state index contributed by atoms with van der Waals surface area (Å²) in [6.07, 6.45) is 2.39. The lowest BCUT2D eigenvalue weighted by Crippen LogP contribution is -2.36. The summed E-state index contributed by atoms with van der Waals surface area (Å²) in [5.74, 6) is -0.160. The first kappa shape index (κ1) is 22.5. The number of likely N-dealkylation sites (tertiary alicyclic amines) is 1. The van der Waals surface area contributed by atoms with E-state index in [1.165, 1.54) is 4.90 Å². The topological polar surface area (TPSA) is 85.3 Å². The third kappa shape index (κ3) is 3.94. The van der Waals surface area contributed by atoms with Crippen molar-refractivity contribution in [1.82, 2.24) is 4.90 Å². The van der Waals surface area contributed by atoms with Gasteiger partial charge in [-0.05, 0) is 56.5 Å². The third-order valence-electron chi connectivity index (χ3n) is 6.65. The number of hydrogen-bond acceptors (Lipinski definition) is 6. The van der Waals surface area contributed by atoms with Crippen molar-refractivity contribution in [2.24, 2.45) is 0 Å². The molecule has 0 aliphatic carbocycles. The Bertz CT molecular complexity index is 1150. The summed E-state index contributed by atoms with van der Waals surface area (Å²) >= 11 is 0. The van der Waals surface area contributed by atoms with Gasteiger partial charge in [0.05, 0.1) is 24.3 Å². The van der Waals surface area contributed by atoms with E-state index in [4.69, 9.17) is 14.2 Å². The summed E-state index contributed by atoms with van der Waals surface area (Å²) in [6, 6.07) is 12.0. The number of amides is 1. The van der Waals surface area contributed by atoms with Crippen LogP contribution < -0.4 is 9.47 Å². The lowest BCUT2D eigenvalue weighted by atomic mass is 9.93. The van der Waals surface area contributed by atoms with Crippen molar-refractivity contribution in [2.75, 3.05) is 19.8 Å². The number of aliphatic hydroxyl groups excluding tert-OH is 1. The molecule has 0 saturated carbocycles. The SMILES string of the molecule is CCOc1ccccc1C1C(=C(O)c2ccc3c(c2)CC(C)O3)C(=O)C(=O)N1CC1CCCO1. The summed E-state index contributed by atoms with van der Waals surface area (Å²) < 4.78 is 17.4. The minimum Gasteiger partial charge on any atom is -0.507 e. The van der Waals surface area contributed by atoms with Crippen LogP contribution in [0.3, 0.4) is 0 Å². The van der Waals surface area contributed by atoms with E-state index >= 15 is 0 Å². The van der Waals surface area contributed by atoms with E-state index in [0.717, 1.165) is 30.6 Å². The van der Waals surface area contributed by atoms with Crippen molar-refractivity contribution in [3.63, 3.8) is 0 Å². The number of nitrogens with zero attached hydrogens (tertiary/aromatic N) is 1. The summed E-state index contributed by atoms with van der Waals surface area (Å²) in [5.41, 5.74) is 2.20. The summed E-state index contributed by atoms with van der Waals surface area (Å²) in [6.45, 7) is 5.23.